The lowest BCUT2D eigenvalue weighted by atomic mass is 10.1. The normalized spacial score (nSPS) is 12.5. The van der Waals surface area contributed by atoms with Crippen LogP contribution < -0.4 is 5.73 Å². The Morgan fingerprint density at radius 3 is 2.33 bits per heavy atom. The topological polar surface area (TPSA) is 63.3 Å². The van der Waals surface area contributed by atoms with E-state index in [2.05, 4.69) is 22.6 Å². The molecule has 0 fully saturated rings. The number of hydrogen-bond acceptors (Lipinski definition) is 2. The lowest BCUT2D eigenvalue weighted by Gasteiger charge is -2.05. The number of carboxylic acid groups (broad SMARTS) is 1. The Kier molecular flexibility index (Phi) is 3.05. The molecule has 0 saturated carbocycles. The Labute approximate surface area is 83.7 Å². The van der Waals surface area contributed by atoms with Crippen molar-refractivity contribution in [2.45, 2.75) is 6.04 Å². The van der Waals surface area contributed by atoms with Crippen molar-refractivity contribution in [3.63, 3.8) is 0 Å². The molecule has 3 N–H and O–H groups in total. The molecule has 1 atom stereocenters. The zero-order valence-electron chi connectivity index (χ0n) is 6.20. The summed E-state index contributed by atoms with van der Waals surface area (Å²) in [5.41, 5.74) is 6.01. The lowest BCUT2D eigenvalue weighted by molar-refractivity contribution is -0.138. The maximum absolute atomic E-state index is 10.5. The van der Waals surface area contributed by atoms with E-state index in [-0.39, 0.29) is 0 Å². The predicted molar refractivity (Wildman–Crippen MR) is 53.7 cm³/mol. The maximum atomic E-state index is 10.5. The molecule has 0 spiro atoms. The maximum Gasteiger partial charge on any atom is 0.325 e. The molecule has 0 bridgehead atoms. The summed E-state index contributed by atoms with van der Waals surface area (Å²) in [6.07, 6.45) is 0. The van der Waals surface area contributed by atoms with Crippen LogP contribution in [-0.2, 0) is 4.79 Å². The number of aliphatic carboxylic acids is 1. The molecular weight excluding hydrogens is 269 g/mol. The minimum atomic E-state index is -1.00. The summed E-state index contributed by atoms with van der Waals surface area (Å²) in [7, 11) is 0. The van der Waals surface area contributed by atoms with Gasteiger partial charge in [0.25, 0.3) is 0 Å². The minimum Gasteiger partial charge on any atom is -0.480 e. The molecule has 1 aromatic carbocycles. The molecule has 0 aliphatic rings. The molecule has 12 heavy (non-hydrogen) atoms. The first-order chi connectivity index (χ1) is 5.61. The molecule has 1 aromatic rings. The van der Waals surface area contributed by atoms with Crippen LogP contribution in [0, 0.1) is 3.57 Å². The van der Waals surface area contributed by atoms with Crippen LogP contribution in [0.15, 0.2) is 24.3 Å². The van der Waals surface area contributed by atoms with Gasteiger partial charge in [-0.05, 0) is 40.3 Å². The Morgan fingerprint density at radius 1 is 1.42 bits per heavy atom. The number of rotatable bonds is 2. The molecule has 0 radical (unpaired) electrons. The Morgan fingerprint density at radius 2 is 1.92 bits per heavy atom. The van der Waals surface area contributed by atoms with Crippen molar-refractivity contribution in [2.75, 3.05) is 0 Å². The van der Waals surface area contributed by atoms with Gasteiger partial charge in [0.15, 0.2) is 0 Å². The van der Waals surface area contributed by atoms with Gasteiger partial charge < -0.3 is 10.8 Å². The molecule has 0 amide bonds. The molecule has 0 aliphatic heterocycles. The highest BCUT2D eigenvalue weighted by Gasteiger charge is 2.12. The van der Waals surface area contributed by atoms with Crippen molar-refractivity contribution in [3.05, 3.63) is 33.4 Å². The third kappa shape index (κ3) is 2.18. The standard InChI is InChI=1S/C8H8INO2/c9-6-3-1-5(2-4-6)7(10)8(11)12/h1-4,7H,10H2,(H,11,12). The predicted octanol–water partition coefficient (Wildman–Crippen LogP) is 1.38. The first-order valence-electron chi connectivity index (χ1n) is 3.35. The third-order valence-electron chi connectivity index (χ3n) is 1.50. The Hall–Kier alpha value is -0.620. The highest BCUT2D eigenvalue weighted by Crippen LogP contribution is 2.12. The largest absolute Gasteiger partial charge is 0.480 e. The zero-order chi connectivity index (χ0) is 9.14. The second kappa shape index (κ2) is 3.86. The van der Waals surface area contributed by atoms with Crippen molar-refractivity contribution in [1.82, 2.24) is 0 Å². The van der Waals surface area contributed by atoms with Crippen molar-refractivity contribution in [2.24, 2.45) is 5.73 Å². The Bertz CT molecular complexity index is 284. The van der Waals surface area contributed by atoms with Gasteiger partial charge in [-0.15, -0.1) is 0 Å². The summed E-state index contributed by atoms with van der Waals surface area (Å²) < 4.78 is 1.06. The van der Waals surface area contributed by atoms with Crippen LogP contribution in [0.25, 0.3) is 0 Å². The first-order valence-corrected chi connectivity index (χ1v) is 4.43. The lowest BCUT2D eigenvalue weighted by Crippen LogP contribution is -2.20. The quantitative estimate of drug-likeness (QED) is 0.803. The van der Waals surface area contributed by atoms with Gasteiger partial charge in [0.2, 0.25) is 0 Å². The molecule has 3 nitrogen and oxygen atoms in total. The van der Waals surface area contributed by atoms with Crippen molar-refractivity contribution < 1.29 is 9.90 Å². The van der Waals surface area contributed by atoms with Crippen molar-refractivity contribution in [3.8, 4) is 0 Å². The third-order valence-corrected chi connectivity index (χ3v) is 2.21. The molecule has 4 heteroatoms. The summed E-state index contributed by atoms with van der Waals surface area (Å²) in [4.78, 5) is 10.5. The summed E-state index contributed by atoms with van der Waals surface area (Å²) in [6.45, 7) is 0. The summed E-state index contributed by atoms with van der Waals surface area (Å²) >= 11 is 2.15. The second-order valence-corrected chi connectivity index (χ2v) is 3.61. The fraction of sp³-hybridized carbons (Fsp3) is 0.125. The number of halogens is 1. The average molecular weight is 277 g/mol. The van der Waals surface area contributed by atoms with E-state index in [1.165, 1.54) is 0 Å². The second-order valence-electron chi connectivity index (χ2n) is 2.37. The smallest absolute Gasteiger partial charge is 0.325 e. The van der Waals surface area contributed by atoms with Crippen LogP contribution in [0.1, 0.15) is 11.6 Å². The zero-order valence-corrected chi connectivity index (χ0v) is 8.36. The van der Waals surface area contributed by atoms with Gasteiger partial charge in [-0.1, -0.05) is 12.1 Å². The molecule has 0 aromatic heterocycles. The number of nitrogens with two attached hydrogens (primary N) is 1. The van der Waals surface area contributed by atoms with Crippen LogP contribution in [0.2, 0.25) is 0 Å². The fourth-order valence-electron chi connectivity index (χ4n) is 0.813. The molecular formula is C8H8INO2. The summed E-state index contributed by atoms with van der Waals surface area (Å²) in [6, 6.07) is 6.19. The Balaban J connectivity index is 2.89. The van der Waals surface area contributed by atoms with E-state index in [9.17, 15) is 4.79 Å². The number of carboxylic acids is 1. The van der Waals surface area contributed by atoms with Gasteiger partial charge >= 0.3 is 5.97 Å². The van der Waals surface area contributed by atoms with E-state index in [1.807, 2.05) is 12.1 Å². The van der Waals surface area contributed by atoms with E-state index in [0.29, 0.717) is 5.56 Å². The molecule has 1 unspecified atom stereocenters. The van der Waals surface area contributed by atoms with Crippen LogP contribution in [0.5, 0.6) is 0 Å². The van der Waals surface area contributed by atoms with E-state index < -0.39 is 12.0 Å². The monoisotopic (exact) mass is 277 g/mol. The van der Waals surface area contributed by atoms with E-state index in [1.54, 1.807) is 12.1 Å². The van der Waals surface area contributed by atoms with Crippen molar-refractivity contribution in [1.29, 1.82) is 0 Å². The highest BCUT2D eigenvalue weighted by atomic mass is 127. The highest BCUT2D eigenvalue weighted by molar-refractivity contribution is 14.1. The van der Waals surface area contributed by atoms with Gasteiger partial charge in [0, 0.05) is 3.57 Å². The molecule has 0 aliphatic carbocycles. The fourth-order valence-corrected chi connectivity index (χ4v) is 1.17. The SMILES string of the molecule is NC(C(=O)O)c1ccc(I)cc1. The van der Waals surface area contributed by atoms with Gasteiger partial charge in [-0.25, -0.2) is 0 Å². The molecule has 0 heterocycles. The average Bonchev–Trinajstić information content (AvgIpc) is 2.04. The molecule has 64 valence electrons. The van der Waals surface area contributed by atoms with Gasteiger partial charge in [-0.3, -0.25) is 4.79 Å². The minimum absolute atomic E-state index is 0.628. The summed E-state index contributed by atoms with van der Waals surface area (Å²) in [5, 5.41) is 8.58. The number of benzene rings is 1. The molecule has 0 saturated heterocycles. The van der Waals surface area contributed by atoms with Crippen LogP contribution in [0.4, 0.5) is 0 Å². The van der Waals surface area contributed by atoms with Crippen LogP contribution in [-0.4, -0.2) is 11.1 Å². The summed E-state index contributed by atoms with van der Waals surface area (Å²) in [5.74, 6) is -1.00. The number of carbonyl (C=O) groups is 1. The van der Waals surface area contributed by atoms with Crippen molar-refractivity contribution >= 4 is 28.6 Å². The number of hydrogen-bond donors (Lipinski definition) is 2. The van der Waals surface area contributed by atoms with E-state index in [0.717, 1.165) is 3.57 Å². The van der Waals surface area contributed by atoms with E-state index in [4.69, 9.17) is 10.8 Å². The van der Waals surface area contributed by atoms with Gasteiger partial charge in [0.1, 0.15) is 6.04 Å². The first kappa shape index (κ1) is 9.47. The van der Waals surface area contributed by atoms with Gasteiger partial charge in [-0.2, -0.15) is 0 Å². The van der Waals surface area contributed by atoms with Crippen LogP contribution >= 0.6 is 22.6 Å². The van der Waals surface area contributed by atoms with Gasteiger partial charge in [0.05, 0.1) is 0 Å². The van der Waals surface area contributed by atoms with Crippen LogP contribution in [0.3, 0.4) is 0 Å². The van der Waals surface area contributed by atoms with E-state index >= 15 is 0 Å². The molecule has 1 rings (SSSR count).